The Morgan fingerprint density at radius 3 is 2.90 bits per heavy atom. The first kappa shape index (κ1) is 12.9. The molecule has 0 fully saturated rings. The monoisotopic (exact) mass is 336 g/mol. The van der Waals surface area contributed by atoms with E-state index in [0.29, 0.717) is 28.2 Å². The van der Waals surface area contributed by atoms with Crippen molar-refractivity contribution >= 4 is 27.5 Å². The summed E-state index contributed by atoms with van der Waals surface area (Å²) in [6.45, 7) is 1.83. The summed E-state index contributed by atoms with van der Waals surface area (Å²) in [4.78, 5) is 12.2. The maximum atomic E-state index is 13.5. The molecule has 0 atom stereocenters. The lowest BCUT2D eigenvalue weighted by Gasteiger charge is -2.09. The SMILES string of the molecule is Cc1nc2ncnn2c(N)c1Cc1ccc(Br)c(F)n1. The normalized spacial score (nSPS) is 11.2. The lowest BCUT2D eigenvalue weighted by Crippen LogP contribution is -2.09. The van der Waals surface area contributed by atoms with Gasteiger partial charge in [-0.3, -0.25) is 0 Å². The van der Waals surface area contributed by atoms with Crippen molar-refractivity contribution < 1.29 is 4.39 Å². The topological polar surface area (TPSA) is 82.0 Å². The van der Waals surface area contributed by atoms with Crippen LogP contribution in [0.25, 0.3) is 5.78 Å². The second kappa shape index (κ2) is 4.78. The fraction of sp³-hybridized carbons (Fsp3) is 0.167. The summed E-state index contributed by atoms with van der Waals surface area (Å²) >= 11 is 3.07. The molecule has 0 saturated carbocycles. The van der Waals surface area contributed by atoms with Gasteiger partial charge in [0.1, 0.15) is 12.1 Å². The van der Waals surface area contributed by atoms with Crippen LogP contribution in [0.15, 0.2) is 22.9 Å². The van der Waals surface area contributed by atoms with Gasteiger partial charge in [0.05, 0.1) is 4.47 Å². The molecule has 3 rings (SSSR count). The summed E-state index contributed by atoms with van der Waals surface area (Å²) in [5.74, 6) is 0.336. The number of pyridine rings is 1. The molecule has 0 radical (unpaired) electrons. The molecule has 20 heavy (non-hydrogen) atoms. The molecular weight excluding hydrogens is 327 g/mol. The summed E-state index contributed by atoms with van der Waals surface area (Å²) in [7, 11) is 0. The largest absolute Gasteiger partial charge is 0.383 e. The molecule has 8 heteroatoms. The van der Waals surface area contributed by atoms with Crippen molar-refractivity contribution in [2.45, 2.75) is 13.3 Å². The average molecular weight is 337 g/mol. The summed E-state index contributed by atoms with van der Waals surface area (Å²) in [5.41, 5.74) is 8.13. The van der Waals surface area contributed by atoms with Gasteiger partial charge in [-0.05, 0) is 35.0 Å². The van der Waals surface area contributed by atoms with Gasteiger partial charge in [-0.15, -0.1) is 0 Å². The van der Waals surface area contributed by atoms with E-state index < -0.39 is 5.95 Å². The Kier molecular flexibility index (Phi) is 3.09. The molecule has 0 saturated heterocycles. The van der Waals surface area contributed by atoms with Crippen LogP contribution in [0.4, 0.5) is 10.2 Å². The molecule has 0 aliphatic rings. The Balaban J connectivity index is 2.07. The Bertz CT molecular complexity index is 800. The van der Waals surface area contributed by atoms with Crippen molar-refractivity contribution in [2.75, 3.05) is 5.73 Å². The van der Waals surface area contributed by atoms with E-state index >= 15 is 0 Å². The molecular formula is C12H10BrFN6. The molecule has 0 amide bonds. The number of nitrogens with zero attached hydrogens (tertiary/aromatic N) is 5. The maximum absolute atomic E-state index is 13.5. The third-order valence-electron chi connectivity index (χ3n) is 2.99. The van der Waals surface area contributed by atoms with E-state index in [1.54, 1.807) is 12.1 Å². The molecule has 0 aliphatic heterocycles. The first-order valence-electron chi connectivity index (χ1n) is 5.82. The number of halogens is 2. The van der Waals surface area contributed by atoms with Gasteiger partial charge in [-0.1, -0.05) is 0 Å². The van der Waals surface area contributed by atoms with Crippen molar-refractivity contribution in [1.29, 1.82) is 0 Å². The van der Waals surface area contributed by atoms with Crippen molar-refractivity contribution in [3.63, 3.8) is 0 Å². The highest BCUT2D eigenvalue weighted by molar-refractivity contribution is 9.10. The van der Waals surface area contributed by atoms with Crippen molar-refractivity contribution in [3.05, 3.63) is 45.8 Å². The number of nitrogens with two attached hydrogens (primary N) is 1. The predicted octanol–water partition coefficient (Wildman–Crippen LogP) is 1.90. The van der Waals surface area contributed by atoms with E-state index in [1.165, 1.54) is 10.8 Å². The molecule has 0 spiro atoms. The van der Waals surface area contributed by atoms with E-state index in [1.807, 2.05) is 6.92 Å². The molecule has 6 nitrogen and oxygen atoms in total. The van der Waals surface area contributed by atoms with E-state index in [2.05, 4.69) is 36.0 Å². The van der Waals surface area contributed by atoms with Crippen LogP contribution in [0.1, 0.15) is 17.0 Å². The molecule has 0 bridgehead atoms. The van der Waals surface area contributed by atoms with Crippen LogP contribution in [0, 0.1) is 12.9 Å². The van der Waals surface area contributed by atoms with Gasteiger partial charge in [0, 0.05) is 23.4 Å². The zero-order valence-corrected chi connectivity index (χ0v) is 12.1. The van der Waals surface area contributed by atoms with Crippen LogP contribution in [-0.4, -0.2) is 24.6 Å². The first-order valence-corrected chi connectivity index (χ1v) is 6.61. The van der Waals surface area contributed by atoms with Gasteiger partial charge in [-0.2, -0.15) is 19.0 Å². The van der Waals surface area contributed by atoms with E-state index in [9.17, 15) is 4.39 Å². The third-order valence-corrected chi connectivity index (χ3v) is 3.58. The molecule has 3 heterocycles. The van der Waals surface area contributed by atoms with Crippen molar-refractivity contribution in [2.24, 2.45) is 0 Å². The van der Waals surface area contributed by atoms with Gasteiger partial charge >= 0.3 is 0 Å². The fourth-order valence-electron chi connectivity index (χ4n) is 1.97. The Morgan fingerprint density at radius 2 is 2.15 bits per heavy atom. The van der Waals surface area contributed by atoms with Crippen molar-refractivity contribution in [3.8, 4) is 0 Å². The zero-order valence-electron chi connectivity index (χ0n) is 10.5. The highest BCUT2D eigenvalue weighted by atomic mass is 79.9. The summed E-state index contributed by atoms with van der Waals surface area (Å²) in [6, 6.07) is 3.35. The standard InChI is InChI=1S/C12H10BrFN6/c1-6-8(4-7-2-3-9(13)10(14)19-7)11(15)20-12(18-6)16-5-17-20/h2-3,5H,4,15H2,1H3. The number of nitrogen functional groups attached to an aromatic ring is 1. The third kappa shape index (κ3) is 2.11. The number of hydrogen-bond donors (Lipinski definition) is 1. The zero-order chi connectivity index (χ0) is 14.3. The van der Waals surface area contributed by atoms with Gasteiger partial charge in [-0.25, -0.2) is 9.97 Å². The Hall–Kier alpha value is -2.09. The minimum absolute atomic E-state index is 0.329. The Labute approximate surface area is 122 Å². The van der Waals surface area contributed by atoms with E-state index in [0.717, 1.165) is 11.3 Å². The minimum Gasteiger partial charge on any atom is -0.383 e. The van der Waals surface area contributed by atoms with Crippen LogP contribution >= 0.6 is 15.9 Å². The van der Waals surface area contributed by atoms with Crippen LogP contribution in [0.2, 0.25) is 0 Å². The molecule has 0 unspecified atom stereocenters. The van der Waals surface area contributed by atoms with Crippen molar-refractivity contribution in [1.82, 2.24) is 24.6 Å². The fourth-order valence-corrected chi connectivity index (χ4v) is 2.19. The van der Waals surface area contributed by atoms with Gasteiger partial charge in [0.25, 0.3) is 5.78 Å². The lowest BCUT2D eigenvalue weighted by molar-refractivity contribution is 0.571. The van der Waals surface area contributed by atoms with E-state index in [-0.39, 0.29) is 0 Å². The summed E-state index contributed by atoms with van der Waals surface area (Å²) in [6.07, 6.45) is 1.77. The first-order chi connectivity index (χ1) is 9.56. The van der Waals surface area contributed by atoms with Crippen LogP contribution < -0.4 is 5.73 Å². The lowest BCUT2D eigenvalue weighted by atomic mass is 10.1. The second-order valence-corrected chi connectivity index (χ2v) is 5.14. The molecule has 0 aliphatic carbocycles. The smallest absolute Gasteiger partial charge is 0.254 e. The maximum Gasteiger partial charge on any atom is 0.254 e. The molecule has 102 valence electrons. The number of hydrogen-bond acceptors (Lipinski definition) is 5. The second-order valence-electron chi connectivity index (χ2n) is 4.28. The highest BCUT2D eigenvalue weighted by Crippen LogP contribution is 2.20. The summed E-state index contributed by atoms with van der Waals surface area (Å²) < 4.78 is 15.2. The highest BCUT2D eigenvalue weighted by Gasteiger charge is 2.13. The predicted molar refractivity (Wildman–Crippen MR) is 74.6 cm³/mol. The number of aromatic nitrogens is 5. The molecule has 0 aromatic carbocycles. The number of anilines is 1. The number of aryl methyl sites for hydroxylation is 1. The van der Waals surface area contributed by atoms with Gasteiger partial charge in [0.2, 0.25) is 5.95 Å². The van der Waals surface area contributed by atoms with Crippen LogP contribution in [0.5, 0.6) is 0 Å². The molecule has 3 aromatic heterocycles. The van der Waals surface area contributed by atoms with E-state index in [4.69, 9.17) is 5.73 Å². The Morgan fingerprint density at radius 1 is 1.35 bits per heavy atom. The van der Waals surface area contributed by atoms with Crippen LogP contribution in [0.3, 0.4) is 0 Å². The average Bonchev–Trinajstić information content (AvgIpc) is 2.87. The molecule has 2 N–H and O–H groups in total. The number of rotatable bonds is 2. The number of fused-ring (bicyclic) bond motifs is 1. The van der Waals surface area contributed by atoms with Crippen LogP contribution in [-0.2, 0) is 6.42 Å². The van der Waals surface area contributed by atoms with Gasteiger partial charge in [0.15, 0.2) is 0 Å². The molecule has 3 aromatic rings. The quantitative estimate of drug-likeness (QED) is 0.723. The van der Waals surface area contributed by atoms with Gasteiger partial charge < -0.3 is 5.73 Å². The summed E-state index contributed by atoms with van der Waals surface area (Å²) in [5, 5.41) is 4.01. The minimum atomic E-state index is -0.548.